The summed E-state index contributed by atoms with van der Waals surface area (Å²) in [7, 11) is 0. The molecule has 5 heteroatoms. The third kappa shape index (κ3) is 2.93. The van der Waals surface area contributed by atoms with E-state index in [4.69, 9.17) is 4.74 Å². The van der Waals surface area contributed by atoms with E-state index >= 15 is 0 Å². The van der Waals surface area contributed by atoms with Gasteiger partial charge in [0.15, 0.2) is 0 Å². The Kier molecular flexibility index (Phi) is 4.34. The molecule has 0 aromatic rings. The highest BCUT2D eigenvalue weighted by molar-refractivity contribution is 5.85. The van der Waals surface area contributed by atoms with Gasteiger partial charge in [0.25, 0.3) is 5.91 Å². The summed E-state index contributed by atoms with van der Waals surface area (Å²) < 4.78 is 5.58. The zero-order chi connectivity index (χ0) is 15.8. The van der Waals surface area contributed by atoms with E-state index in [0.717, 1.165) is 12.8 Å². The van der Waals surface area contributed by atoms with Crippen LogP contribution in [0.2, 0.25) is 0 Å². The zero-order valence-corrected chi connectivity index (χ0v) is 13.4. The van der Waals surface area contributed by atoms with Gasteiger partial charge in [-0.05, 0) is 43.9 Å². The van der Waals surface area contributed by atoms with Crippen LogP contribution in [0.25, 0.3) is 0 Å². The number of nitrogens with one attached hydrogen (secondary N) is 1. The van der Waals surface area contributed by atoms with Gasteiger partial charge in [-0.25, -0.2) is 0 Å². The molecule has 2 aliphatic rings. The van der Waals surface area contributed by atoms with Crippen LogP contribution < -0.4 is 5.32 Å². The smallest absolute Gasteiger partial charge is 0.307 e. The predicted octanol–water partition coefficient (Wildman–Crippen LogP) is 2.20. The maximum Gasteiger partial charge on any atom is 0.307 e. The lowest BCUT2D eigenvalue weighted by Crippen LogP contribution is -2.56. The largest absolute Gasteiger partial charge is 0.481 e. The molecular weight excluding hydrogens is 270 g/mol. The molecule has 0 aromatic carbocycles. The van der Waals surface area contributed by atoms with Crippen molar-refractivity contribution in [3.8, 4) is 0 Å². The van der Waals surface area contributed by atoms with Crippen LogP contribution in [0.1, 0.15) is 53.4 Å². The average Bonchev–Trinajstić information content (AvgIpc) is 2.83. The number of rotatable bonds is 3. The first-order valence-electron chi connectivity index (χ1n) is 7.86. The van der Waals surface area contributed by atoms with Crippen molar-refractivity contribution in [3.63, 3.8) is 0 Å². The van der Waals surface area contributed by atoms with Crippen molar-refractivity contribution in [2.24, 2.45) is 17.3 Å². The number of carboxylic acids is 1. The highest BCUT2D eigenvalue weighted by Crippen LogP contribution is 2.45. The fourth-order valence-electron chi connectivity index (χ4n) is 3.72. The zero-order valence-electron chi connectivity index (χ0n) is 13.4. The Balaban J connectivity index is 2.05. The molecule has 1 amide bonds. The Morgan fingerprint density at radius 3 is 2.43 bits per heavy atom. The number of ether oxygens (including phenoxy) is 1. The Bertz CT molecular complexity index is 426. The van der Waals surface area contributed by atoms with Crippen LogP contribution in [-0.2, 0) is 14.3 Å². The van der Waals surface area contributed by atoms with Crippen molar-refractivity contribution in [2.75, 3.05) is 6.61 Å². The van der Waals surface area contributed by atoms with Gasteiger partial charge < -0.3 is 15.2 Å². The lowest BCUT2D eigenvalue weighted by atomic mass is 9.61. The molecular formula is C16H27NO4. The maximum atomic E-state index is 12.5. The van der Waals surface area contributed by atoms with Crippen molar-refractivity contribution in [2.45, 2.75) is 65.0 Å². The minimum absolute atomic E-state index is 0.0177. The summed E-state index contributed by atoms with van der Waals surface area (Å²) >= 11 is 0. The van der Waals surface area contributed by atoms with Gasteiger partial charge in [0, 0.05) is 12.6 Å². The molecule has 1 saturated heterocycles. The number of hydrogen-bond donors (Lipinski definition) is 2. The molecule has 2 fully saturated rings. The monoisotopic (exact) mass is 297 g/mol. The van der Waals surface area contributed by atoms with Crippen LogP contribution >= 0.6 is 0 Å². The Morgan fingerprint density at radius 2 is 1.90 bits per heavy atom. The summed E-state index contributed by atoms with van der Waals surface area (Å²) in [6.45, 7) is 8.49. The molecule has 0 aromatic heterocycles. The molecule has 1 aliphatic heterocycles. The van der Waals surface area contributed by atoms with E-state index < -0.39 is 11.6 Å². The number of carbonyl (C=O) groups excluding carboxylic acids is 1. The molecule has 0 bridgehead atoms. The van der Waals surface area contributed by atoms with Crippen LogP contribution in [0.4, 0.5) is 0 Å². The third-order valence-corrected chi connectivity index (χ3v) is 5.76. The summed E-state index contributed by atoms with van der Waals surface area (Å²) in [5, 5.41) is 12.5. The molecule has 4 unspecified atom stereocenters. The summed E-state index contributed by atoms with van der Waals surface area (Å²) in [6.07, 6.45) is 2.98. The first-order chi connectivity index (χ1) is 9.68. The van der Waals surface area contributed by atoms with E-state index in [1.165, 1.54) is 0 Å². The van der Waals surface area contributed by atoms with E-state index in [1.807, 2.05) is 27.7 Å². The molecule has 5 nitrogen and oxygen atoms in total. The molecule has 120 valence electrons. The number of hydrogen-bond acceptors (Lipinski definition) is 3. The van der Waals surface area contributed by atoms with Crippen LogP contribution in [0, 0.1) is 17.3 Å². The lowest BCUT2D eigenvalue weighted by Gasteiger charge is -2.46. The topological polar surface area (TPSA) is 75.6 Å². The summed E-state index contributed by atoms with van der Waals surface area (Å²) in [5.41, 5.74) is -1.05. The van der Waals surface area contributed by atoms with Gasteiger partial charge in [-0.3, -0.25) is 9.59 Å². The summed E-state index contributed by atoms with van der Waals surface area (Å²) in [4.78, 5) is 23.9. The molecule has 0 spiro atoms. The standard InChI is InChI=1S/C16H27NO4/c1-10-12(7-6-11(13(18)19)15(10,2)3)17-14(20)16(4)8-5-9-21-16/h10-12H,5-9H2,1-4H3,(H,17,20)(H,18,19). The van der Waals surface area contributed by atoms with Crippen LogP contribution in [0.5, 0.6) is 0 Å². The normalized spacial score (nSPS) is 39.0. The number of carboxylic acid groups (broad SMARTS) is 1. The second-order valence-corrected chi connectivity index (χ2v) is 7.34. The fraction of sp³-hybridized carbons (Fsp3) is 0.875. The van der Waals surface area contributed by atoms with Crippen LogP contribution in [-0.4, -0.2) is 35.2 Å². The van der Waals surface area contributed by atoms with Gasteiger partial charge >= 0.3 is 5.97 Å². The lowest BCUT2D eigenvalue weighted by molar-refractivity contribution is -0.151. The Morgan fingerprint density at radius 1 is 1.24 bits per heavy atom. The van der Waals surface area contributed by atoms with Crippen molar-refractivity contribution in [1.82, 2.24) is 5.32 Å². The molecule has 2 N–H and O–H groups in total. The molecule has 1 saturated carbocycles. The van der Waals surface area contributed by atoms with E-state index in [1.54, 1.807) is 0 Å². The SMILES string of the molecule is CC1C(NC(=O)C2(C)CCCO2)CCC(C(=O)O)C1(C)C. The van der Waals surface area contributed by atoms with Gasteiger partial charge in [0.05, 0.1) is 5.92 Å². The molecule has 21 heavy (non-hydrogen) atoms. The van der Waals surface area contributed by atoms with Crippen LogP contribution in [0.3, 0.4) is 0 Å². The molecule has 1 heterocycles. The Hall–Kier alpha value is -1.10. The minimum Gasteiger partial charge on any atom is -0.481 e. The van der Waals surface area contributed by atoms with E-state index in [0.29, 0.717) is 19.4 Å². The second-order valence-electron chi connectivity index (χ2n) is 7.34. The van der Waals surface area contributed by atoms with Gasteiger partial charge in [0.1, 0.15) is 5.60 Å². The van der Waals surface area contributed by atoms with Crippen LogP contribution in [0.15, 0.2) is 0 Å². The van der Waals surface area contributed by atoms with E-state index in [2.05, 4.69) is 5.32 Å². The number of aliphatic carboxylic acids is 1. The van der Waals surface area contributed by atoms with Crippen molar-refractivity contribution < 1.29 is 19.4 Å². The van der Waals surface area contributed by atoms with Gasteiger partial charge in [0.2, 0.25) is 0 Å². The predicted molar refractivity (Wildman–Crippen MR) is 78.8 cm³/mol. The van der Waals surface area contributed by atoms with Gasteiger partial charge in [-0.2, -0.15) is 0 Å². The van der Waals surface area contributed by atoms with Crippen molar-refractivity contribution >= 4 is 11.9 Å². The summed E-state index contributed by atoms with van der Waals surface area (Å²) in [5.74, 6) is -1.02. The number of amides is 1. The second kappa shape index (κ2) is 5.59. The fourth-order valence-corrected chi connectivity index (χ4v) is 3.72. The van der Waals surface area contributed by atoms with E-state index in [-0.39, 0.29) is 29.2 Å². The maximum absolute atomic E-state index is 12.5. The van der Waals surface area contributed by atoms with Gasteiger partial charge in [-0.15, -0.1) is 0 Å². The first kappa shape index (κ1) is 16.3. The van der Waals surface area contributed by atoms with Crippen molar-refractivity contribution in [3.05, 3.63) is 0 Å². The highest BCUT2D eigenvalue weighted by Gasteiger charge is 2.48. The van der Waals surface area contributed by atoms with Gasteiger partial charge in [-0.1, -0.05) is 20.8 Å². The van der Waals surface area contributed by atoms with Crippen molar-refractivity contribution in [1.29, 1.82) is 0 Å². The average molecular weight is 297 g/mol. The quantitative estimate of drug-likeness (QED) is 0.837. The Labute approximate surface area is 126 Å². The molecule has 1 aliphatic carbocycles. The molecule has 4 atom stereocenters. The highest BCUT2D eigenvalue weighted by atomic mass is 16.5. The molecule has 0 radical (unpaired) electrons. The van der Waals surface area contributed by atoms with E-state index in [9.17, 15) is 14.7 Å². The third-order valence-electron chi connectivity index (χ3n) is 5.76. The molecule has 2 rings (SSSR count). The summed E-state index contributed by atoms with van der Waals surface area (Å²) in [6, 6.07) is 0.0177. The first-order valence-corrected chi connectivity index (χ1v) is 7.86. The number of carbonyl (C=O) groups is 2. The minimum atomic E-state index is -0.734.